The summed E-state index contributed by atoms with van der Waals surface area (Å²) in [6, 6.07) is 9.61. The molecule has 26 heavy (non-hydrogen) atoms. The van der Waals surface area contributed by atoms with Crippen molar-refractivity contribution in [2.45, 2.75) is 19.4 Å². The van der Waals surface area contributed by atoms with Gasteiger partial charge in [0.2, 0.25) is 5.91 Å². The lowest BCUT2D eigenvalue weighted by atomic mass is 9.95. The van der Waals surface area contributed by atoms with Crippen molar-refractivity contribution >= 4 is 46.4 Å². The van der Waals surface area contributed by atoms with Crippen molar-refractivity contribution in [3.8, 4) is 0 Å². The lowest BCUT2D eigenvalue weighted by Gasteiger charge is -2.31. The maximum Gasteiger partial charge on any atom is 0.227 e. The summed E-state index contributed by atoms with van der Waals surface area (Å²) in [5.41, 5.74) is 1.54. The number of anilines is 1. The minimum atomic E-state index is -0.231. The van der Waals surface area contributed by atoms with Gasteiger partial charge < -0.3 is 5.32 Å². The number of hydrogen-bond acceptors (Lipinski definition) is 2. The van der Waals surface area contributed by atoms with Crippen molar-refractivity contribution in [1.29, 1.82) is 0 Å². The second-order valence-electron chi connectivity index (χ2n) is 6.41. The highest BCUT2D eigenvalue weighted by atomic mass is 35.5. The monoisotopic (exact) mass is 414 g/mol. The molecule has 138 valence electrons. The number of nitrogens with one attached hydrogen (secondary N) is 1. The fourth-order valence-corrected chi connectivity index (χ4v) is 3.65. The van der Waals surface area contributed by atoms with Crippen LogP contribution in [0.25, 0.3) is 0 Å². The number of rotatable bonds is 4. The average Bonchev–Trinajstić information content (AvgIpc) is 2.62. The standard InChI is InChI=1S/C19H18Cl3FN2O/c20-15-9-17(22)18(10-16(15)21)24-19(26)13-5-7-25(8-6-13)11-12-1-3-14(23)4-2-12/h1-4,9-10,13H,5-8,11H2,(H,24,26). The summed E-state index contributed by atoms with van der Waals surface area (Å²) < 4.78 is 13.0. The Labute approximate surface area is 167 Å². The Morgan fingerprint density at radius 3 is 2.31 bits per heavy atom. The van der Waals surface area contributed by atoms with Crippen LogP contribution in [0.4, 0.5) is 10.1 Å². The first-order chi connectivity index (χ1) is 12.4. The molecule has 0 radical (unpaired) electrons. The number of carbonyl (C=O) groups excluding carboxylic acids is 1. The third kappa shape index (κ3) is 4.89. The molecule has 0 atom stereocenters. The largest absolute Gasteiger partial charge is 0.324 e. The molecule has 0 aliphatic carbocycles. The Balaban J connectivity index is 1.53. The molecule has 1 amide bonds. The van der Waals surface area contributed by atoms with Crippen molar-refractivity contribution < 1.29 is 9.18 Å². The Hall–Kier alpha value is -1.33. The van der Waals surface area contributed by atoms with E-state index < -0.39 is 0 Å². The van der Waals surface area contributed by atoms with Crippen LogP contribution in [0.3, 0.4) is 0 Å². The van der Waals surface area contributed by atoms with Gasteiger partial charge in [-0.1, -0.05) is 46.9 Å². The van der Waals surface area contributed by atoms with Crippen molar-refractivity contribution in [1.82, 2.24) is 4.90 Å². The molecule has 1 aliphatic heterocycles. The number of likely N-dealkylation sites (tertiary alicyclic amines) is 1. The zero-order valence-electron chi connectivity index (χ0n) is 13.9. The first-order valence-electron chi connectivity index (χ1n) is 8.34. The van der Waals surface area contributed by atoms with Gasteiger partial charge in [0.05, 0.1) is 20.8 Å². The fraction of sp³-hybridized carbons (Fsp3) is 0.316. The van der Waals surface area contributed by atoms with Gasteiger partial charge in [-0.15, -0.1) is 0 Å². The van der Waals surface area contributed by atoms with E-state index in [-0.39, 0.29) is 17.6 Å². The van der Waals surface area contributed by atoms with E-state index in [1.165, 1.54) is 18.2 Å². The number of amides is 1. The molecule has 1 aliphatic rings. The van der Waals surface area contributed by atoms with E-state index in [1.807, 2.05) is 0 Å². The minimum Gasteiger partial charge on any atom is -0.324 e. The van der Waals surface area contributed by atoms with Crippen LogP contribution in [-0.4, -0.2) is 23.9 Å². The van der Waals surface area contributed by atoms with Crippen molar-refractivity contribution in [2.75, 3.05) is 18.4 Å². The Morgan fingerprint density at radius 1 is 1.04 bits per heavy atom. The number of piperidine rings is 1. The summed E-state index contributed by atoms with van der Waals surface area (Å²) in [5, 5.41) is 3.91. The van der Waals surface area contributed by atoms with Gasteiger partial charge in [0.15, 0.2) is 0 Å². The number of hydrogen-bond donors (Lipinski definition) is 1. The maximum atomic E-state index is 13.0. The van der Waals surface area contributed by atoms with Gasteiger partial charge in [-0.3, -0.25) is 9.69 Å². The van der Waals surface area contributed by atoms with Crippen LogP contribution in [-0.2, 0) is 11.3 Å². The lowest BCUT2D eigenvalue weighted by Crippen LogP contribution is -2.37. The normalized spacial score (nSPS) is 15.8. The third-order valence-corrected chi connectivity index (χ3v) is 5.58. The summed E-state index contributed by atoms with van der Waals surface area (Å²) in [5.74, 6) is -0.373. The predicted octanol–water partition coefficient (Wildman–Crippen LogP) is 5.64. The number of nitrogens with zero attached hydrogens (tertiary/aromatic N) is 1. The van der Waals surface area contributed by atoms with Gasteiger partial charge in [-0.2, -0.15) is 0 Å². The van der Waals surface area contributed by atoms with E-state index in [1.54, 1.807) is 18.2 Å². The zero-order valence-corrected chi connectivity index (χ0v) is 16.2. The van der Waals surface area contributed by atoms with Crippen LogP contribution in [0, 0.1) is 11.7 Å². The van der Waals surface area contributed by atoms with Gasteiger partial charge in [-0.25, -0.2) is 4.39 Å². The summed E-state index contributed by atoms with van der Waals surface area (Å²) >= 11 is 18.0. The summed E-state index contributed by atoms with van der Waals surface area (Å²) in [6.07, 6.45) is 1.51. The van der Waals surface area contributed by atoms with Crippen LogP contribution >= 0.6 is 34.8 Å². The molecule has 0 aromatic heterocycles. The number of halogens is 4. The van der Waals surface area contributed by atoms with Crippen LogP contribution in [0.1, 0.15) is 18.4 Å². The quantitative estimate of drug-likeness (QED) is 0.656. The molecule has 1 fully saturated rings. The highest BCUT2D eigenvalue weighted by molar-refractivity contribution is 6.44. The Kier molecular flexibility index (Phi) is 6.41. The molecule has 2 aromatic rings. The summed E-state index contributed by atoms with van der Waals surface area (Å²) in [7, 11) is 0. The molecule has 1 N–H and O–H groups in total. The van der Waals surface area contributed by atoms with Crippen molar-refractivity contribution in [2.24, 2.45) is 5.92 Å². The summed E-state index contributed by atoms with van der Waals surface area (Å²) in [6.45, 7) is 2.38. The van der Waals surface area contributed by atoms with Gasteiger partial charge in [0.1, 0.15) is 5.82 Å². The Bertz CT molecular complexity index is 790. The van der Waals surface area contributed by atoms with Crippen LogP contribution in [0.5, 0.6) is 0 Å². The molecule has 1 heterocycles. The molecular weight excluding hydrogens is 398 g/mol. The van der Waals surface area contributed by atoms with E-state index in [4.69, 9.17) is 34.8 Å². The van der Waals surface area contributed by atoms with Gasteiger partial charge in [0.25, 0.3) is 0 Å². The molecule has 3 rings (SSSR count). The van der Waals surface area contributed by atoms with E-state index in [0.29, 0.717) is 20.8 Å². The highest BCUT2D eigenvalue weighted by Crippen LogP contribution is 2.33. The molecule has 1 saturated heterocycles. The van der Waals surface area contributed by atoms with Gasteiger partial charge in [-0.05, 0) is 55.8 Å². The van der Waals surface area contributed by atoms with Crippen LogP contribution in [0.2, 0.25) is 15.1 Å². The predicted molar refractivity (Wildman–Crippen MR) is 105 cm³/mol. The minimum absolute atomic E-state index is 0.0632. The molecule has 0 spiro atoms. The van der Waals surface area contributed by atoms with Crippen LogP contribution in [0.15, 0.2) is 36.4 Å². The Morgan fingerprint density at radius 2 is 1.65 bits per heavy atom. The third-order valence-electron chi connectivity index (χ3n) is 4.55. The molecule has 2 aromatic carbocycles. The number of benzene rings is 2. The second kappa shape index (κ2) is 8.57. The average molecular weight is 416 g/mol. The van der Waals surface area contributed by atoms with E-state index in [2.05, 4.69) is 10.2 Å². The number of carbonyl (C=O) groups is 1. The second-order valence-corrected chi connectivity index (χ2v) is 7.63. The molecule has 3 nitrogen and oxygen atoms in total. The first kappa shape index (κ1) is 19.4. The van der Waals surface area contributed by atoms with E-state index in [9.17, 15) is 9.18 Å². The highest BCUT2D eigenvalue weighted by Gasteiger charge is 2.25. The molecule has 7 heteroatoms. The van der Waals surface area contributed by atoms with Crippen LogP contribution < -0.4 is 5.32 Å². The molecule has 0 bridgehead atoms. The maximum absolute atomic E-state index is 13.0. The van der Waals surface area contributed by atoms with Crippen molar-refractivity contribution in [3.63, 3.8) is 0 Å². The molecule has 0 unspecified atom stereocenters. The smallest absolute Gasteiger partial charge is 0.227 e. The topological polar surface area (TPSA) is 32.3 Å². The lowest BCUT2D eigenvalue weighted by molar-refractivity contribution is -0.121. The van der Waals surface area contributed by atoms with Crippen molar-refractivity contribution in [3.05, 3.63) is 62.8 Å². The molecule has 0 saturated carbocycles. The summed E-state index contributed by atoms with van der Waals surface area (Å²) in [4.78, 5) is 14.8. The van der Waals surface area contributed by atoms with E-state index in [0.717, 1.165) is 38.0 Å². The van der Waals surface area contributed by atoms with Gasteiger partial charge >= 0.3 is 0 Å². The molecular formula is C19H18Cl3FN2O. The fourth-order valence-electron chi connectivity index (χ4n) is 3.05. The van der Waals surface area contributed by atoms with Gasteiger partial charge in [0, 0.05) is 12.5 Å². The van der Waals surface area contributed by atoms with E-state index >= 15 is 0 Å². The SMILES string of the molecule is O=C(Nc1cc(Cl)c(Cl)cc1Cl)C1CCN(Cc2ccc(F)cc2)CC1. The first-order valence-corrected chi connectivity index (χ1v) is 9.48. The zero-order chi connectivity index (χ0) is 18.7.